The lowest BCUT2D eigenvalue weighted by atomic mass is 9.95. The lowest BCUT2D eigenvalue weighted by Crippen LogP contribution is -2.33. The van der Waals surface area contributed by atoms with Crippen molar-refractivity contribution in [3.8, 4) is 0 Å². The maximum Gasteiger partial charge on any atom is 0.138 e. The lowest BCUT2D eigenvalue weighted by Gasteiger charge is -2.28. The summed E-state index contributed by atoms with van der Waals surface area (Å²) in [5.41, 5.74) is 0. The molecule has 0 saturated heterocycles. The van der Waals surface area contributed by atoms with Gasteiger partial charge in [-0.05, 0) is 25.3 Å². The molecule has 102 valence electrons. The van der Waals surface area contributed by atoms with Crippen LogP contribution in [-0.2, 0) is 6.42 Å². The predicted molar refractivity (Wildman–Crippen MR) is 82.3 cm³/mol. The van der Waals surface area contributed by atoms with Crippen molar-refractivity contribution in [3.05, 3.63) is 17.3 Å². The molecule has 3 nitrogen and oxygen atoms in total. The molecule has 0 amide bonds. The molecule has 3 rings (SSSR count). The van der Waals surface area contributed by atoms with Crippen molar-refractivity contribution in [2.75, 3.05) is 5.32 Å². The van der Waals surface area contributed by atoms with Crippen molar-refractivity contribution in [1.29, 1.82) is 0 Å². The number of fused-ring (bicyclic) bond motifs is 1. The average Bonchev–Trinajstić information content (AvgIpc) is 2.85. The van der Waals surface area contributed by atoms with Crippen LogP contribution in [0.15, 0.2) is 12.4 Å². The maximum atomic E-state index is 6.41. The van der Waals surface area contributed by atoms with E-state index in [2.05, 4.69) is 28.3 Å². The van der Waals surface area contributed by atoms with E-state index < -0.39 is 0 Å². The van der Waals surface area contributed by atoms with Gasteiger partial charge in [-0.15, -0.1) is 22.9 Å². The van der Waals surface area contributed by atoms with Crippen molar-refractivity contribution in [1.82, 2.24) is 9.97 Å². The summed E-state index contributed by atoms with van der Waals surface area (Å²) in [5, 5.41) is 4.88. The van der Waals surface area contributed by atoms with Crippen LogP contribution in [0.3, 0.4) is 0 Å². The number of nitrogens with one attached hydrogen (secondary N) is 1. The van der Waals surface area contributed by atoms with Gasteiger partial charge in [-0.3, -0.25) is 0 Å². The maximum absolute atomic E-state index is 6.41. The average molecular weight is 296 g/mol. The minimum Gasteiger partial charge on any atom is -0.365 e. The monoisotopic (exact) mass is 295 g/mol. The van der Waals surface area contributed by atoms with Crippen LogP contribution in [0.25, 0.3) is 10.2 Å². The molecule has 1 aliphatic carbocycles. The molecule has 5 heteroatoms. The molecule has 1 aliphatic rings. The number of hydrogen-bond acceptors (Lipinski definition) is 4. The molecule has 1 saturated carbocycles. The molecule has 0 aliphatic heterocycles. The zero-order valence-electron chi connectivity index (χ0n) is 11.0. The highest BCUT2D eigenvalue weighted by atomic mass is 35.5. The van der Waals surface area contributed by atoms with Gasteiger partial charge in [-0.25, -0.2) is 9.97 Å². The molecule has 0 spiro atoms. The highest BCUT2D eigenvalue weighted by molar-refractivity contribution is 7.18. The number of hydrogen-bond donors (Lipinski definition) is 1. The third-order valence-electron chi connectivity index (χ3n) is 3.73. The summed E-state index contributed by atoms with van der Waals surface area (Å²) in [5.74, 6) is 0.943. The number of nitrogens with zero attached hydrogens (tertiary/aromatic N) is 2. The summed E-state index contributed by atoms with van der Waals surface area (Å²) in [4.78, 5) is 11.2. The molecule has 19 heavy (non-hydrogen) atoms. The Morgan fingerprint density at radius 1 is 1.37 bits per heavy atom. The summed E-state index contributed by atoms with van der Waals surface area (Å²) in [7, 11) is 0. The molecule has 2 heterocycles. The van der Waals surface area contributed by atoms with E-state index in [9.17, 15) is 0 Å². The van der Waals surface area contributed by atoms with Crippen LogP contribution in [0.5, 0.6) is 0 Å². The third kappa shape index (κ3) is 2.70. The molecule has 0 aromatic carbocycles. The number of halogens is 1. The quantitative estimate of drug-likeness (QED) is 0.862. The van der Waals surface area contributed by atoms with Gasteiger partial charge in [0.25, 0.3) is 0 Å². The Labute approximate surface area is 122 Å². The van der Waals surface area contributed by atoms with E-state index in [-0.39, 0.29) is 5.38 Å². The molecule has 2 aromatic rings. The van der Waals surface area contributed by atoms with Crippen LogP contribution >= 0.6 is 22.9 Å². The predicted octanol–water partition coefficient (Wildman–Crippen LogP) is 4.22. The van der Waals surface area contributed by atoms with Gasteiger partial charge in [0.15, 0.2) is 0 Å². The van der Waals surface area contributed by atoms with Crippen LogP contribution < -0.4 is 5.32 Å². The van der Waals surface area contributed by atoms with Crippen LogP contribution in [0.4, 0.5) is 5.82 Å². The molecule has 2 unspecified atom stereocenters. The summed E-state index contributed by atoms with van der Waals surface area (Å²) in [6.45, 7) is 2.17. The lowest BCUT2D eigenvalue weighted by molar-refractivity contribution is 0.469. The van der Waals surface area contributed by atoms with E-state index in [1.54, 1.807) is 17.7 Å². The summed E-state index contributed by atoms with van der Waals surface area (Å²) >= 11 is 8.16. The van der Waals surface area contributed by atoms with E-state index in [0.29, 0.717) is 6.04 Å². The van der Waals surface area contributed by atoms with Crippen molar-refractivity contribution >= 4 is 39.0 Å². The first-order chi connectivity index (χ1) is 9.28. The normalized spacial score (nSPS) is 23.7. The van der Waals surface area contributed by atoms with Gasteiger partial charge in [0.2, 0.25) is 0 Å². The van der Waals surface area contributed by atoms with E-state index in [1.165, 1.54) is 17.7 Å². The van der Waals surface area contributed by atoms with Gasteiger partial charge >= 0.3 is 0 Å². The van der Waals surface area contributed by atoms with Crippen molar-refractivity contribution in [2.24, 2.45) is 0 Å². The summed E-state index contributed by atoms with van der Waals surface area (Å²) in [6.07, 6.45) is 7.40. The molecular formula is C14H18ClN3S. The largest absolute Gasteiger partial charge is 0.365 e. The Morgan fingerprint density at radius 3 is 3.00 bits per heavy atom. The molecule has 0 radical (unpaired) electrons. The van der Waals surface area contributed by atoms with Gasteiger partial charge in [-0.1, -0.05) is 19.8 Å². The Hall–Kier alpha value is -0.870. The minimum atomic E-state index is 0.211. The van der Waals surface area contributed by atoms with Crippen molar-refractivity contribution in [3.63, 3.8) is 0 Å². The number of alkyl halides is 1. The van der Waals surface area contributed by atoms with Crippen LogP contribution in [0, 0.1) is 0 Å². The Morgan fingerprint density at radius 2 is 2.21 bits per heavy atom. The van der Waals surface area contributed by atoms with Crippen LogP contribution in [0.1, 0.15) is 37.5 Å². The summed E-state index contributed by atoms with van der Waals surface area (Å²) < 4.78 is 0. The van der Waals surface area contributed by atoms with Gasteiger partial charge in [-0.2, -0.15) is 0 Å². The minimum absolute atomic E-state index is 0.211. The Balaban J connectivity index is 1.89. The van der Waals surface area contributed by atoms with Gasteiger partial charge < -0.3 is 5.32 Å². The highest BCUT2D eigenvalue weighted by Gasteiger charge is 2.24. The van der Waals surface area contributed by atoms with E-state index in [1.807, 2.05) is 0 Å². The number of thiophene rings is 1. The summed E-state index contributed by atoms with van der Waals surface area (Å²) in [6, 6.07) is 2.53. The topological polar surface area (TPSA) is 37.8 Å². The van der Waals surface area contributed by atoms with Crippen LogP contribution in [0.2, 0.25) is 0 Å². The second kappa shape index (κ2) is 5.63. The molecule has 1 fully saturated rings. The Kier molecular flexibility index (Phi) is 3.89. The zero-order valence-corrected chi connectivity index (χ0v) is 12.6. The van der Waals surface area contributed by atoms with Gasteiger partial charge in [0, 0.05) is 10.9 Å². The van der Waals surface area contributed by atoms with Crippen molar-refractivity contribution in [2.45, 2.75) is 50.4 Å². The van der Waals surface area contributed by atoms with E-state index >= 15 is 0 Å². The number of aryl methyl sites for hydroxylation is 1. The SMILES string of the molecule is CCc1cc2c(NC3CCCCC3Cl)ncnc2s1. The first-order valence-corrected chi connectivity index (χ1v) is 8.17. The molecule has 0 bridgehead atoms. The van der Waals surface area contributed by atoms with Crippen molar-refractivity contribution < 1.29 is 0 Å². The molecular weight excluding hydrogens is 278 g/mol. The Bertz CT molecular complexity index is 569. The van der Waals surface area contributed by atoms with Gasteiger partial charge in [0.05, 0.1) is 10.8 Å². The molecule has 1 N–H and O–H groups in total. The standard InChI is InChI=1S/C14H18ClN3S/c1-2-9-7-10-13(16-8-17-14(10)19-9)18-12-6-4-3-5-11(12)15/h7-8,11-12H,2-6H2,1H3,(H,16,17,18). The van der Waals surface area contributed by atoms with Crippen LogP contribution in [-0.4, -0.2) is 21.4 Å². The second-order valence-electron chi connectivity index (χ2n) is 5.06. The van der Waals surface area contributed by atoms with Gasteiger partial charge in [0.1, 0.15) is 17.0 Å². The smallest absolute Gasteiger partial charge is 0.138 e. The molecule has 2 aromatic heterocycles. The van der Waals surface area contributed by atoms with E-state index in [4.69, 9.17) is 11.6 Å². The van der Waals surface area contributed by atoms with E-state index in [0.717, 1.165) is 35.3 Å². The highest BCUT2D eigenvalue weighted by Crippen LogP contribution is 2.31. The third-order valence-corrected chi connectivity index (χ3v) is 5.44. The fourth-order valence-corrected chi connectivity index (χ4v) is 3.90. The second-order valence-corrected chi connectivity index (χ2v) is 6.73. The first-order valence-electron chi connectivity index (χ1n) is 6.92. The number of rotatable bonds is 3. The zero-order chi connectivity index (χ0) is 13.2. The fourth-order valence-electron chi connectivity index (χ4n) is 2.62. The number of anilines is 1. The number of aromatic nitrogens is 2. The fraction of sp³-hybridized carbons (Fsp3) is 0.571. The molecule has 2 atom stereocenters. The first kappa shape index (κ1) is 13.1.